The van der Waals surface area contributed by atoms with Gasteiger partial charge in [-0.25, -0.2) is 0 Å². The second-order valence-corrected chi connectivity index (χ2v) is 9.82. The van der Waals surface area contributed by atoms with Gasteiger partial charge in [-0.3, -0.25) is 19.5 Å². The Morgan fingerprint density at radius 1 is 0.903 bits per heavy atom. The number of hydrogen-bond acceptors (Lipinski definition) is 7. The second kappa shape index (κ2) is 11.4. The summed E-state index contributed by atoms with van der Waals surface area (Å²) in [5.41, 5.74) is 0. The van der Waals surface area contributed by atoms with Gasteiger partial charge in [0.25, 0.3) is 0 Å². The van der Waals surface area contributed by atoms with Gasteiger partial charge in [-0.1, -0.05) is 59.3 Å². The van der Waals surface area contributed by atoms with E-state index < -0.39 is 6.10 Å². The van der Waals surface area contributed by atoms with Crippen LogP contribution in [0.3, 0.4) is 0 Å². The van der Waals surface area contributed by atoms with Gasteiger partial charge < -0.3 is 14.9 Å². The van der Waals surface area contributed by atoms with Gasteiger partial charge >= 0.3 is 5.97 Å². The number of nitrogens with zero attached hydrogens (tertiary/aromatic N) is 3. The molecule has 3 saturated heterocycles. The van der Waals surface area contributed by atoms with E-state index in [0.29, 0.717) is 24.5 Å². The highest BCUT2D eigenvalue weighted by atomic mass is 16.5. The summed E-state index contributed by atoms with van der Waals surface area (Å²) in [5, 5.41) is 18.7. The van der Waals surface area contributed by atoms with E-state index in [-0.39, 0.29) is 25.0 Å². The molecule has 3 rings (SSSR count). The first kappa shape index (κ1) is 24.9. The fourth-order valence-corrected chi connectivity index (χ4v) is 5.20. The molecule has 0 aromatic heterocycles. The number of carbonyl (C=O) groups excluding carboxylic acids is 1. The normalized spacial score (nSPS) is 34.1. The molecule has 3 fully saturated rings. The van der Waals surface area contributed by atoms with Crippen molar-refractivity contribution in [1.82, 2.24) is 14.7 Å². The quantitative estimate of drug-likeness (QED) is 0.266. The van der Waals surface area contributed by atoms with Crippen LogP contribution < -0.4 is 0 Å². The number of aliphatic hydroxyl groups excluding tert-OH is 2. The van der Waals surface area contributed by atoms with Crippen LogP contribution in [-0.4, -0.2) is 93.7 Å². The van der Waals surface area contributed by atoms with Gasteiger partial charge in [0.1, 0.15) is 18.5 Å². The highest BCUT2D eigenvalue weighted by Gasteiger charge is 2.67. The molecule has 0 spiro atoms. The maximum absolute atomic E-state index is 12.9. The van der Waals surface area contributed by atoms with Crippen LogP contribution in [0.25, 0.3) is 0 Å². The SMILES string of the molecule is CCCCC1CN1C(CC(=O)OCC(O)CO)(N1CC1CCCC)N1CC1CCCC. The zero-order chi connectivity index (χ0) is 22.4. The molecular weight excluding hydrogens is 394 g/mol. The Kier molecular flexibility index (Phi) is 9.17. The zero-order valence-corrected chi connectivity index (χ0v) is 20.0. The van der Waals surface area contributed by atoms with Crippen LogP contribution >= 0.6 is 0 Å². The van der Waals surface area contributed by atoms with Gasteiger partial charge in [-0.15, -0.1) is 0 Å². The van der Waals surface area contributed by atoms with Gasteiger partial charge in [0.2, 0.25) is 0 Å². The lowest BCUT2D eigenvalue weighted by molar-refractivity contribution is -0.156. The summed E-state index contributed by atoms with van der Waals surface area (Å²) in [6.07, 6.45) is 10.2. The molecule has 0 aliphatic carbocycles. The van der Waals surface area contributed by atoms with E-state index in [9.17, 15) is 9.90 Å². The van der Waals surface area contributed by atoms with Crippen molar-refractivity contribution in [2.75, 3.05) is 32.8 Å². The molecule has 7 nitrogen and oxygen atoms in total. The van der Waals surface area contributed by atoms with Gasteiger partial charge in [-0.05, 0) is 19.3 Å². The third-order valence-corrected chi connectivity index (χ3v) is 7.23. The molecule has 7 heteroatoms. The first-order valence-corrected chi connectivity index (χ1v) is 12.8. The van der Waals surface area contributed by atoms with E-state index >= 15 is 0 Å². The molecule has 0 bridgehead atoms. The van der Waals surface area contributed by atoms with Crippen LogP contribution in [0, 0.1) is 0 Å². The molecule has 7 unspecified atom stereocenters. The largest absolute Gasteiger partial charge is 0.463 e. The summed E-state index contributed by atoms with van der Waals surface area (Å²) >= 11 is 0. The fourth-order valence-electron chi connectivity index (χ4n) is 5.20. The van der Waals surface area contributed by atoms with Crippen molar-refractivity contribution >= 4 is 5.97 Å². The van der Waals surface area contributed by atoms with E-state index in [1.807, 2.05) is 0 Å². The van der Waals surface area contributed by atoms with Crippen molar-refractivity contribution in [2.24, 2.45) is 0 Å². The molecular formula is C24H45N3O4. The summed E-state index contributed by atoms with van der Waals surface area (Å²) in [6, 6.07) is 1.65. The Balaban J connectivity index is 1.75. The lowest BCUT2D eigenvalue weighted by Gasteiger charge is -2.40. The number of aliphatic hydroxyl groups is 2. The molecule has 3 aliphatic rings. The highest BCUT2D eigenvalue weighted by molar-refractivity contribution is 5.71. The third kappa shape index (κ3) is 6.20. The predicted molar refractivity (Wildman–Crippen MR) is 121 cm³/mol. The van der Waals surface area contributed by atoms with Gasteiger partial charge in [-0.2, -0.15) is 0 Å². The number of rotatable bonds is 17. The van der Waals surface area contributed by atoms with Crippen LogP contribution in [-0.2, 0) is 9.53 Å². The Morgan fingerprint density at radius 2 is 1.32 bits per heavy atom. The molecule has 3 aliphatic heterocycles. The van der Waals surface area contributed by atoms with E-state index in [2.05, 4.69) is 35.5 Å². The second-order valence-electron chi connectivity index (χ2n) is 9.82. The topological polar surface area (TPSA) is 75.8 Å². The molecule has 0 aromatic carbocycles. The molecule has 31 heavy (non-hydrogen) atoms. The van der Waals surface area contributed by atoms with Crippen LogP contribution in [0.2, 0.25) is 0 Å². The average molecular weight is 440 g/mol. The minimum absolute atomic E-state index is 0.136. The number of hydrogen-bond donors (Lipinski definition) is 2. The van der Waals surface area contributed by atoms with E-state index in [1.165, 1.54) is 57.8 Å². The summed E-state index contributed by atoms with van der Waals surface area (Å²) in [7, 11) is 0. The van der Waals surface area contributed by atoms with Crippen LogP contribution in [0.5, 0.6) is 0 Å². The monoisotopic (exact) mass is 439 g/mol. The molecule has 0 aromatic rings. The summed E-state index contributed by atoms with van der Waals surface area (Å²) in [4.78, 5) is 20.6. The Morgan fingerprint density at radius 3 is 1.68 bits per heavy atom. The Bertz CT molecular complexity index is 520. The molecule has 2 N–H and O–H groups in total. The maximum Gasteiger partial charge on any atom is 0.310 e. The van der Waals surface area contributed by atoms with E-state index in [1.54, 1.807) is 0 Å². The fraction of sp³-hybridized carbons (Fsp3) is 0.958. The molecule has 180 valence electrons. The molecule has 0 amide bonds. The Hall–Kier alpha value is -0.730. The number of ether oxygens (including phenoxy) is 1. The zero-order valence-electron chi connectivity index (χ0n) is 20.0. The van der Waals surface area contributed by atoms with Crippen molar-refractivity contribution in [3.8, 4) is 0 Å². The van der Waals surface area contributed by atoms with E-state index in [4.69, 9.17) is 9.84 Å². The van der Waals surface area contributed by atoms with Crippen molar-refractivity contribution in [3.05, 3.63) is 0 Å². The van der Waals surface area contributed by atoms with E-state index in [0.717, 1.165) is 19.6 Å². The van der Waals surface area contributed by atoms with Gasteiger partial charge in [0.05, 0.1) is 13.0 Å². The number of unbranched alkanes of at least 4 members (excludes halogenated alkanes) is 3. The van der Waals surface area contributed by atoms with Crippen molar-refractivity contribution in [3.63, 3.8) is 0 Å². The molecule has 7 atom stereocenters. The standard InChI is InChI=1S/C24H45N3O4/c1-4-7-10-19-14-25(19)24(26-15-20(26)11-8-5-2,27-16-21(27)12-9-6-3)13-23(30)31-18-22(29)17-28/h19-22,28-29H,4-18H2,1-3H3. The third-order valence-electron chi connectivity index (χ3n) is 7.23. The smallest absolute Gasteiger partial charge is 0.310 e. The van der Waals surface area contributed by atoms with Gasteiger partial charge in [0.15, 0.2) is 0 Å². The summed E-state index contributed by atoms with van der Waals surface area (Å²) < 4.78 is 5.40. The average Bonchev–Trinajstić information content (AvgIpc) is 3.65. The van der Waals surface area contributed by atoms with Crippen LogP contribution in [0.15, 0.2) is 0 Å². The minimum atomic E-state index is -1.01. The lowest BCUT2D eigenvalue weighted by Crippen LogP contribution is -2.56. The molecule has 0 saturated carbocycles. The molecule has 3 heterocycles. The first-order valence-electron chi connectivity index (χ1n) is 12.8. The van der Waals surface area contributed by atoms with Crippen molar-refractivity contribution < 1.29 is 19.7 Å². The highest BCUT2D eigenvalue weighted by Crippen LogP contribution is 2.51. The van der Waals surface area contributed by atoms with Crippen LogP contribution in [0.1, 0.15) is 85.0 Å². The summed E-state index contributed by atoms with van der Waals surface area (Å²) in [6.45, 7) is 9.35. The molecule has 0 radical (unpaired) electrons. The van der Waals surface area contributed by atoms with Crippen molar-refractivity contribution in [1.29, 1.82) is 0 Å². The minimum Gasteiger partial charge on any atom is -0.463 e. The Labute approximate surface area is 188 Å². The lowest BCUT2D eigenvalue weighted by atomic mass is 10.1. The number of carbonyl (C=O) groups is 1. The summed E-state index contributed by atoms with van der Waals surface area (Å²) in [5.74, 6) is -0.632. The first-order chi connectivity index (χ1) is 15.0. The number of esters is 1. The van der Waals surface area contributed by atoms with Gasteiger partial charge in [0, 0.05) is 37.8 Å². The van der Waals surface area contributed by atoms with Crippen LogP contribution in [0.4, 0.5) is 0 Å². The van der Waals surface area contributed by atoms with Crippen molar-refractivity contribution in [2.45, 2.75) is 115 Å². The maximum atomic E-state index is 12.9. The predicted octanol–water partition coefficient (Wildman–Crippen LogP) is 2.55.